The van der Waals surface area contributed by atoms with Crippen molar-refractivity contribution in [3.8, 4) is 5.88 Å². The Morgan fingerprint density at radius 3 is 2.75 bits per heavy atom. The Morgan fingerprint density at radius 1 is 1.15 bits per heavy atom. The molecule has 0 spiro atoms. The predicted molar refractivity (Wildman–Crippen MR) is 82.3 cm³/mol. The van der Waals surface area contributed by atoms with Crippen LogP contribution in [0.4, 0.5) is 0 Å². The van der Waals surface area contributed by atoms with Gasteiger partial charge in [0, 0.05) is 30.9 Å². The zero-order valence-corrected chi connectivity index (χ0v) is 12.4. The summed E-state index contributed by atoms with van der Waals surface area (Å²) in [6.45, 7) is 5.49. The van der Waals surface area contributed by atoms with Gasteiger partial charge in [-0.15, -0.1) is 12.4 Å². The van der Waals surface area contributed by atoms with E-state index >= 15 is 0 Å². The number of nitrogens with zero attached hydrogens (tertiary/aromatic N) is 2. The average molecular weight is 291 g/mol. The lowest BCUT2D eigenvalue weighted by Crippen LogP contribution is -2.25. The van der Waals surface area contributed by atoms with Crippen LogP contribution in [0.1, 0.15) is 16.8 Å². The number of rotatable bonds is 2. The standard InChI is InChI=1S/C16H18N2O.ClH/c1-13-7-8-15-12-18(9-10-19-16(15)17-13)11-14-5-3-2-4-6-14;/h2-8H,9-12H2,1H3;1H. The molecule has 0 aliphatic carbocycles. The van der Waals surface area contributed by atoms with Crippen molar-refractivity contribution in [1.82, 2.24) is 9.88 Å². The molecule has 0 N–H and O–H groups in total. The maximum absolute atomic E-state index is 5.74. The largest absolute Gasteiger partial charge is 0.476 e. The number of aryl methyl sites for hydroxylation is 1. The molecule has 1 aromatic heterocycles. The molecular formula is C16H19ClN2O. The Bertz CT molecular complexity index is 560. The van der Waals surface area contributed by atoms with Gasteiger partial charge in [-0.1, -0.05) is 36.4 Å². The first-order valence-corrected chi connectivity index (χ1v) is 6.67. The van der Waals surface area contributed by atoms with Gasteiger partial charge in [-0.05, 0) is 18.6 Å². The van der Waals surface area contributed by atoms with E-state index in [1.807, 2.05) is 13.0 Å². The molecule has 0 saturated heterocycles. The molecule has 3 rings (SSSR count). The summed E-state index contributed by atoms with van der Waals surface area (Å²) in [5.41, 5.74) is 3.53. The molecule has 0 fully saturated rings. The van der Waals surface area contributed by atoms with Crippen molar-refractivity contribution in [2.45, 2.75) is 20.0 Å². The van der Waals surface area contributed by atoms with Gasteiger partial charge in [-0.3, -0.25) is 4.90 Å². The summed E-state index contributed by atoms with van der Waals surface area (Å²) in [7, 11) is 0. The van der Waals surface area contributed by atoms with Crippen molar-refractivity contribution < 1.29 is 4.74 Å². The van der Waals surface area contributed by atoms with E-state index in [1.165, 1.54) is 11.1 Å². The summed E-state index contributed by atoms with van der Waals surface area (Å²) in [5, 5.41) is 0. The molecule has 20 heavy (non-hydrogen) atoms. The zero-order chi connectivity index (χ0) is 13.1. The summed E-state index contributed by atoms with van der Waals surface area (Å²) < 4.78 is 5.74. The van der Waals surface area contributed by atoms with Gasteiger partial charge in [0.25, 0.3) is 0 Å². The van der Waals surface area contributed by atoms with Crippen molar-refractivity contribution in [3.63, 3.8) is 0 Å². The van der Waals surface area contributed by atoms with E-state index in [4.69, 9.17) is 4.74 Å². The number of ether oxygens (including phenoxy) is 1. The predicted octanol–water partition coefficient (Wildman–Crippen LogP) is 3.21. The fraction of sp³-hybridized carbons (Fsp3) is 0.312. The first-order chi connectivity index (χ1) is 9.31. The van der Waals surface area contributed by atoms with E-state index in [2.05, 4.69) is 46.3 Å². The third kappa shape index (κ3) is 3.50. The number of aromatic nitrogens is 1. The molecule has 4 heteroatoms. The van der Waals surface area contributed by atoms with Gasteiger partial charge in [0.2, 0.25) is 5.88 Å². The molecule has 106 valence electrons. The minimum Gasteiger partial charge on any atom is -0.476 e. The van der Waals surface area contributed by atoms with Crippen LogP contribution in [0.3, 0.4) is 0 Å². The second kappa shape index (κ2) is 6.73. The monoisotopic (exact) mass is 290 g/mol. The molecule has 1 aliphatic heterocycles. The molecule has 3 nitrogen and oxygen atoms in total. The topological polar surface area (TPSA) is 25.4 Å². The van der Waals surface area contributed by atoms with Crippen LogP contribution in [0, 0.1) is 6.92 Å². The second-order valence-electron chi connectivity index (χ2n) is 4.96. The van der Waals surface area contributed by atoms with Crippen molar-refractivity contribution >= 4 is 12.4 Å². The van der Waals surface area contributed by atoms with E-state index in [-0.39, 0.29) is 12.4 Å². The molecule has 0 amide bonds. The van der Waals surface area contributed by atoms with E-state index in [0.29, 0.717) is 6.61 Å². The van der Waals surface area contributed by atoms with Gasteiger partial charge in [0.05, 0.1) is 0 Å². The number of benzene rings is 1. The van der Waals surface area contributed by atoms with Gasteiger partial charge < -0.3 is 4.74 Å². The van der Waals surface area contributed by atoms with Gasteiger partial charge in [0.15, 0.2) is 0 Å². The highest BCUT2D eigenvalue weighted by Crippen LogP contribution is 2.22. The molecule has 0 radical (unpaired) electrons. The maximum atomic E-state index is 5.74. The molecule has 0 saturated carbocycles. The molecule has 2 heterocycles. The maximum Gasteiger partial charge on any atom is 0.218 e. The van der Waals surface area contributed by atoms with Crippen LogP contribution in [-0.2, 0) is 13.1 Å². The smallest absolute Gasteiger partial charge is 0.218 e. The third-order valence-corrected chi connectivity index (χ3v) is 3.37. The SMILES string of the molecule is Cc1ccc2c(n1)OCCN(Cc1ccccc1)C2.Cl. The van der Waals surface area contributed by atoms with Crippen LogP contribution in [0.2, 0.25) is 0 Å². The Labute approximate surface area is 126 Å². The molecule has 0 atom stereocenters. The zero-order valence-electron chi connectivity index (χ0n) is 11.6. The lowest BCUT2D eigenvalue weighted by Gasteiger charge is -2.19. The number of hydrogen-bond acceptors (Lipinski definition) is 3. The third-order valence-electron chi connectivity index (χ3n) is 3.37. The molecule has 0 unspecified atom stereocenters. The lowest BCUT2D eigenvalue weighted by molar-refractivity contribution is 0.217. The number of fused-ring (bicyclic) bond motifs is 1. The van der Waals surface area contributed by atoms with E-state index in [0.717, 1.165) is 31.2 Å². The molecule has 1 aromatic carbocycles. The average Bonchev–Trinajstić information content (AvgIpc) is 2.61. The Balaban J connectivity index is 0.00000147. The highest BCUT2D eigenvalue weighted by Gasteiger charge is 2.16. The number of halogens is 1. The van der Waals surface area contributed by atoms with E-state index in [9.17, 15) is 0 Å². The minimum atomic E-state index is 0. The molecule has 2 aromatic rings. The van der Waals surface area contributed by atoms with Crippen LogP contribution in [-0.4, -0.2) is 23.0 Å². The van der Waals surface area contributed by atoms with Crippen molar-refractivity contribution in [3.05, 3.63) is 59.3 Å². The summed E-state index contributed by atoms with van der Waals surface area (Å²) >= 11 is 0. The van der Waals surface area contributed by atoms with Crippen molar-refractivity contribution in [1.29, 1.82) is 0 Å². The van der Waals surface area contributed by atoms with E-state index in [1.54, 1.807) is 0 Å². The van der Waals surface area contributed by atoms with Crippen molar-refractivity contribution in [2.75, 3.05) is 13.2 Å². The van der Waals surface area contributed by atoms with Crippen LogP contribution < -0.4 is 4.74 Å². The van der Waals surface area contributed by atoms with Crippen LogP contribution in [0.5, 0.6) is 5.88 Å². The fourth-order valence-electron chi connectivity index (χ4n) is 2.37. The van der Waals surface area contributed by atoms with Gasteiger partial charge in [-0.25, -0.2) is 4.98 Å². The first-order valence-electron chi connectivity index (χ1n) is 6.67. The highest BCUT2D eigenvalue weighted by molar-refractivity contribution is 5.85. The molecular weight excluding hydrogens is 272 g/mol. The summed E-state index contributed by atoms with van der Waals surface area (Å²) in [6, 6.07) is 14.7. The fourth-order valence-corrected chi connectivity index (χ4v) is 2.37. The normalized spacial score (nSPS) is 14.7. The second-order valence-corrected chi connectivity index (χ2v) is 4.96. The Morgan fingerprint density at radius 2 is 1.95 bits per heavy atom. The van der Waals surface area contributed by atoms with Gasteiger partial charge in [-0.2, -0.15) is 0 Å². The van der Waals surface area contributed by atoms with Crippen molar-refractivity contribution in [2.24, 2.45) is 0 Å². The Kier molecular flexibility index (Phi) is 4.99. The molecule has 1 aliphatic rings. The Hall–Kier alpha value is -1.58. The quantitative estimate of drug-likeness (QED) is 0.849. The summed E-state index contributed by atoms with van der Waals surface area (Å²) in [6.07, 6.45) is 0. The minimum absolute atomic E-state index is 0. The number of pyridine rings is 1. The van der Waals surface area contributed by atoms with Crippen LogP contribution >= 0.6 is 12.4 Å². The highest BCUT2D eigenvalue weighted by atomic mass is 35.5. The van der Waals surface area contributed by atoms with E-state index < -0.39 is 0 Å². The van der Waals surface area contributed by atoms with Gasteiger partial charge >= 0.3 is 0 Å². The first kappa shape index (κ1) is 14.8. The van der Waals surface area contributed by atoms with Crippen LogP contribution in [0.15, 0.2) is 42.5 Å². The molecule has 0 bridgehead atoms. The lowest BCUT2D eigenvalue weighted by atomic mass is 10.2. The van der Waals surface area contributed by atoms with Gasteiger partial charge in [0.1, 0.15) is 6.61 Å². The van der Waals surface area contributed by atoms with Crippen LogP contribution in [0.25, 0.3) is 0 Å². The summed E-state index contributed by atoms with van der Waals surface area (Å²) in [5.74, 6) is 0.801. The number of hydrogen-bond donors (Lipinski definition) is 0. The summed E-state index contributed by atoms with van der Waals surface area (Å²) in [4.78, 5) is 6.87.